The molecule has 1 saturated carbocycles. The number of nitrogens with zero attached hydrogens (tertiary/aromatic N) is 1. The van der Waals surface area contributed by atoms with Crippen LogP contribution in [-0.4, -0.2) is 68.4 Å². The summed E-state index contributed by atoms with van der Waals surface area (Å²) in [6.07, 6.45) is 0.434. The van der Waals surface area contributed by atoms with E-state index in [4.69, 9.17) is 22.4 Å². The second-order valence-corrected chi connectivity index (χ2v) is 9.77. The van der Waals surface area contributed by atoms with E-state index in [0.29, 0.717) is 17.5 Å². The van der Waals surface area contributed by atoms with Crippen molar-refractivity contribution in [2.75, 3.05) is 14.1 Å². The predicted octanol–water partition coefficient (Wildman–Crippen LogP) is 1.37. The molecule has 6 N–H and O–H groups in total. The zero-order valence-electron chi connectivity index (χ0n) is 18.6. The molecule has 0 unspecified atom stereocenters. The third-order valence-corrected chi connectivity index (χ3v) is 7.54. The fourth-order valence-electron chi connectivity index (χ4n) is 5.91. The Hall–Kier alpha value is -3.28. The molecule has 0 aliphatic heterocycles. The summed E-state index contributed by atoms with van der Waals surface area (Å²) in [6, 6.07) is 0.760. The quantitative estimate of drug-likeness (QED) is 0.311. The van der Waals surface area contributed by atoms with E-state index in [9.17, 15) is 29.7 Å². The molecule has 3 aliphatic rings. The number of oxazole rings is 1. The van der Waals surface area contributed by atoms with Gasteiger partial charge in [-0.3, -0.25) is 19.3 Å². The van der Waals surface area contributed by atoms with Crippen molar-refractivity contribution < 1.29 is 34.1 Å². The highest BCUT2D eigenvalue weighted by Gasteiger charge is 2.64. The van der Waals surface area contributed by atoms with Crippen LogP contribution in [0.3, 0.4) is 0 Å². The van der Waals surface area contributed by atoms with E-state index >= 15 is 0 Å². The molecule has 1 heterocycles. The Kier molecular flexibility index (Phi) is 4.71. The maximum atomic E-state index is 13.8. The van der Waals surface area contributed by atoms with E-state index in [-0.39, 0.29) is 28.2 Å². The zero-order valence-corrected chi connectivity index (χ0v) is 19.4. The number of aliphatic hydroxyl groups is 3. The zero-order chi connectivity index (χ0) is 24.9. The first kappa shape index (κ1) is 22.5. The number of carbonyl (C=O) groups is 3. The lowest BCUT2D eigenvalue weighted by Crippen LogP contribution is -2.65. The lowest BCUT2D eigenvalue weighted by Gasteiger charge is -2.50. The molecular formula is C23H23N3O7S. The monoisotopic (exact) mass is 485 g/mol. The second-order valence-electron chi connectivity index (χ2n) is 9.40. The molecule has 10 nitrogen and oxygen atoms in total. The Morgan fingerprint density at radius 2 is 2.00 bits per heavy atom. The van der Waals surface area contributed by atoms with Gasteiger partial charge in [0.1, 0.15) is 17.1 Å². The number of ketones is 2. The number of aromatic nitrogens is 1. The van der Waals surface area contributed by atoms with Gasteiger partial charge in [-0.1, -0.05) is 0 Å². The van der Waals surface area contributed by atoms with Crippen LogP contribution in [-0.2, 0) is 20.8 Å². The van der Waals surface area contributed by atoms with Gasteiger partial charge in [0.25, 0.3) is 10.7 Å². The minimum Gasteiger partial charge on any atom is -0.508 e. The molecule has 178 valence electrons. The molecule has 0 bridgehead atoms. The third-order valence-electron chi connectivity index (χ3n) is 7.36. The molecule has 0 saturated heterocycles. The van der Waals surface area contributed by atoms with Crippen molar-refractivity contribution in [2.24, 2.45) is 17.6 Å². The van der Waals surface area contributed by atoms with Gasteiger partial charge < -0.3 is 30.5 Å². The summed E-state index contributed by atoms with van der Waals surface area (Å²) in [5, 5.41) is 33.8. The smallest absolute Gasteiger partial charge is 0.266 e. The minimum absolute atomic E-state index is 0.0947. The number of likely N-dealkylation sites (N-methyl/N-ethyl adjacent to an activating group) is 1. The topological polar surface area (TPSA) is 170 Å². The van der Waals surface area contributed by atoms with Crippen molar-refractivity contribution in [1.29, 1.82) is 0 Å². The van der Waals surface area contributed by atoms with Crippen LogP contribution in [0.5, 0.6) is 0 Å². The highest BCUT2D eigenvalue weighted by atomic mass is 32.1. The standard InChI is InChI=1S/C23H23N3O7S/c1-7-4-11-18(33-22(34)25-11)13-9(7)5-8-6-10-15(26(2)3)17(28)14(21(24)31)20(30)23(10,32)19(29)12(8)16(13)27/h4,8,10,15,27,30,32H,5-6H2,1-3H3,(H2,24,31)(H,25,34)/t8-,10-,15-,23-/m0/s1. The molecular weight excluding hydrogens is 462 g/mol. The van der Waals surface area contributed by atoms with Crippen molar-refractivity contribution in [3.63, 3.8) is 0 Å². The fraction of sp³-hybridized carbons (Fsp3) is 0.391. The number of primary amides is 1. The highest BCUT2D eigenvalue weighted by molar-refractivity contribution is 7.71. The SMILES string of the molecule is Cc1cc2[nH]c(=S)oc2c2c1C[C@H]1C[C@H]3[C@H](N(C)C)C(=O)C(C(N)=O)=C(O)[C@@]3(O)C(=O)C1=C2O. The van der Waals surface area contributed by atoms with Crippen LogP contribution >= 0.6 is 12.2 Å². The van der Waals surface area contributed by atoms with Crippen LogP contribution in [0.2, 0.25) is 0 Å². The van der Waals surface area contributed by atoms with Gasteiger partial charge in [-0.2, -0.15) is 0 Å². The van der Waals surface area contributed by atoms with Crippen LogP contribution in [0.25, 0.3) is 16.9 Å². The average molecular weight is 486 g/mol. The highest BCUT2D eigenvalue weighted by Crippen LogP contribution is 2.52. The van der Waals surface area contributed by atoms with Crippen molar-refractivity contribution in [3.8, 4) is 0 Å². The summed E-state index contributed by atoms with van der Waals surface area (Å²) in [5.41, 5.74) is 4.54. The summed E-state index contributed by atoms with van der Waals surface area (Å²) in [5.74, 6) is -6.04. The first-order valence-corrected chi connectivity index (χ1v) is 11.1. The van der Waals surface area contributed by atoms with Gasteiger partial charge in [-0.25, -0.2) is 0 Å². The Labute approximate surface area is 198 Å². The number of Topliss-reactive ketones (excluding diaryl/α,β-unsaturated/α-hetero) is 2. The lowest BCUT2D eigenvalue weighted by molar-refractivity contribution is -0.153. The largest absolute Gasteiger partial charge is 0.508 e. The van der Waals surface area contributed by atoms with E-state index in [1.807, 2.05) is 13.0 Å². The predicted molar refractivity (Wildman–Crippen MR) is 122 cm³/mol. The molecule has 4 atom stereocenters. The number of H-pyrrole nitrogens is 1. The van der Waals surface area contributed by atoms with Gasteiger partial charge in [-0.15, -0.1) is 0 Å². The molecule has 1 fully saturated rings. The fourth-order valence-corrected chi connectivity index (χ4v) is 6.10. The van der Waals surface area contributed by atoms with Gasteiger partial charge in [0, 0.05) is 11.5 Å². The lowest BCUT2D eigenvalue weighted by atomic mass is 9.57. The van der Waals surface area contributed by atoms with Crippen LogP contribution in [0.4, 0.5) is 0 Å². The Morgan fingerprint density at radius 3 is 2.62 bits per heavy atom. The van der Waals surface area contributed by atoms with Gasteiger partial charge in [0.05, 0.1) is 17.1 Å². The van der Waals surface area contributed by atoms with E-state index in [1.165, 1.54) is 4.90 Å². The van der Waals surface area contributed by atoms with Gasteiger partial charge in [0.15, 0.2) is 17.0 Å². The van der Waals surface area contributed by atoms with Crippen molar-refractivity contribution in [3.05, 3.63) is 44.5 Å². The van der Waals surface area contributed by atoms with Crippen molar-refractivity contribution in [1.82, 2.24) is 9.88 Å². The molecule has 1 amide bonds. The summed E-state index contributed by atoms with van der Waals surface area (Å²) < 4.78 is 5.59. The van der Waals surface area contributed by atoms with Gasteiger partial charge in [0.2, 0.25) is 5.78 Å². The van der Waals surface area contributed by atoms with E-state index in [2.05, 4.69) is 4.98 Å². The summed E-state index contributed by atoms with van der Waals surface area (Å²) in [4.78, 5) is 43.4. The normalized spacial score (nSPS) is 28.9. The number of nitrogens with two attached hydrogens (primary N) is 1. The average Bonchev–Trinajstić information content (AvgIpc) is 3.10. The van der Waals surface area contributed by atoms with Crippen LogP contribution in [0.1, 0.15) is 23.1 Å². The minimum atomic E-state index is -2.61. The Balaban J connectivity index is 1.80. The summed E-state index contributed by atoms with van der Waals surface area (Å²) >= 11 is 5.09. The number of amides is 1. The van der Waals surface area contributed by atoms with Crippen LogP contribution in [0, 0.1) is 23.6 Å². The maximum Gasteiger partial charge on any atom is 0.266 e. The number of hydrogen-bond acceptors (Lipinski definition) is 9. The van der Waals surface area contributed by atoms with Crippen LogP contribution in [0.15, 0.2) is 27.4 Å². The molecule has 2 aromatic rings. The number of aliphatic hydroxyl groups excluding tert-OH is 2. The molecule has 0 spiro atoms. The number of carbonyl (C=O) groups excluding carboxylic acids is 3. The molecule has 1 aromatic carbocycles. The van der Waals surface area contributed by atoms with Crippen molar-refractivity contribution in [2.45, 2.75) is 31.4 Å². The molecule has 1 aromatic heterocycles. The van der Waals surface area contributed by atoms with Gasteiger partial charge >= 0.3 is 0 Å². The van der Waals surface area contributed by atoms with Gasteiger partial charge in [-0.05, 0) is 69.2 Å². The number of nitrogens with one attached hydrogen (secondary N) is 1. The molecule has 5 rings (SSSR count). The Morgan fingerprint density at radius 1 is 1.32 bits per heavy atom. The first-order valence-electron chi connectivity index (χ1n) is 10.7. The third kappa shape index (κ3) is 2.68. The van der Waals surface area contributed by atoms with E-state index in [0.717, 1.165) is 11.1 Å². The molecule has 11 heteroatoms. The number of aromatic amines is 1. The number of fused-ring (bicyclic) bond motifs is 5. The number of rotatable bonds is 2. The second kappa shape index (κ2) is 7.11. The Bertz CT molecular complexity index is 1450. The number of aryl methyl sites for hydroxylation is 1. The van der Waals surface area contributed by atoms with E-state index < -0.39 is 52.3 Å². The molecule has 0 radical (unpaired) electrons. The first-order chi connectivity index (χ1) is 15.9. The van der Waals surface area contributed by atoms with Crippen molar-refractivity contribution >= 4 is 46.6 Å². The molecule has 34 heavy (non-hydrogen) atoms. The molecule has 3 aliphatic carbocycles. The maximum absolute atomic E-state index is 13.8. The number of hydrogen-bond donors (Lipinski definition) is 5. The summed E-state index contributed by atoms with van der Waals surface area (Å²) in [7, 11) is 3.16. The van der Waals surface area contributed by atoms with E-state index in [1.54, 1.807) is 14.1 Å². The van der Waals surface area contributed by atoms with Crippen LogP contribution < -0.4 is 5.73 Å². The summed E-state index contributed by atoms with van der Waals surface area (Å²) in [6.45, 7) is 1.86. The number of benzene rings is 1.